The smallest absolute Gasteiger partial charge is 1.00 e. The molecule has 3 N–H and O–H groups in total. The molecule has 184 valence electrons. The fourth-order valence-electron chi connectivity index (χ4n) is 3.27. The Bertz CT molecular complexity index is 656. The minimum atomic E-state index is -5.24. The van der Waals surface area contributed by atoms with Crippen LogP contribution in [0.3, 0.4) is 0 Å². The van der Waals surface area contributed by atoms with Crippen LogP contribution >= 0.6 is 15.6 Å². The summed E-state index contributed by atoms with van der Waals surface area (Å²) >= 11 is 0. The van der Waals surface area contributed by atoms with E-state index >= 15 is 0 Å². The predicted octanol–water partition coefficient (Wildman–Crippen LogP) is -2.53. The van der Waals surface area contributed by atoms with Crippen LogP contribution in [0.15, 0.2) is 11.6 Å². The molecule has 0 aromatic heterocycles. The summed E-state index contributed by atoms with van der Waals surface area (Å²) in [6.45, 7) is 10.8. The van der Waals surface area contributed by atoms with E-state index in [2.05, 4.69) is 36.5 Å². The van der Waals surface area contributed by atoms with E-state index in [1.165, 1.54) is 38.5 Å². The van der Waals surface area contributed by atoms with Gasteiger partial charge in [-0.05, 0) is 37.5 Å². The van der Waals surface area contributed by atoms with Crippen molar-refractivity contribution >= 4 is 21.6 Å². The molecule has 0 radical (unpaired) electrons. The fourth-order valence-corrected chi connectivity index (χ4v) is 4.76. The van der Waals surface area contributed by atoms with Gasteiger partial charge >= 0.3 is 110 Å². The van der Waals surface area contributed by atoms with E-state index in [0.717, 1.165) is 30.8 Å². The van der Waals surface area contributed by atoms with Crippen molar-refractivity contribution in [3.05, 3.63) is 11.6 Å². The first kappa shape index (κ1) is 42.6. The van der Waals surface area contributed by atoms with Gasteiger partial charge in [-0.3, -0.25) is 4.89 Å². The minimum absolute atomic E-state index is 0. The van der Waals surface area contributed by atoms with Crippen molar-refractivity contribution < 1.29 is 130 Å². The van der Waals surface area contributed by atoms with Gasteiger partial charge in [0.1, 0.15) is 0 Å². The van der Waals surface area contributed by atoms with Gasteiger partial charge in [0.15, 0.2) is 0 Å². The van der Waals surface area contributed by atoms with Crippen molar-refractivity contribution in [1.29, 1.82) is 0 Å². The maximum Gasteiger partial charge on any atom is 1.00 e. The molecule has 8 nitrogen and oxygen atoms in total. The Morgan fingerprint density at radius 3 is 1.70 bits per heavy atom. The van der Waals surface area contributed by atoms with Crippen molar-refractivity contribution in [3.8, 4) is 0 Å². The molecule has 33 heavy (non-hydrogen) atoms. The van der Waals surface area contributed by atoms with Gasteiger partial charge in [-0.2, -0.15) is 4.31 Å². The maximum absolute atomic E-state index is 11.6. The molecule has 0 aliphatic carbocycles. The number of carbonyl (C=O) groups is 1. The Labute approximate surface area is 271 Å². The molecule has 0 bridgehead atoms. The quantitative estimate of drug-likeness (QED) is 0.111. The van der Waals surface area contributed by atoms with Crippen LogP contribution in [-0.2, 0) is 22.8 Å². The van der Waals surface area contributed by atoms with Gasteiger partial charge in [0.2, 0.25) is 0 Å². The third-order valence-corrected chi connectivity index (χ3v) is 7.01. The average molecular weight is 542 g/mol. The van der Waals surface area contributed by atoms with Crippen molar-refractivity contribution in [2.45, 2.75) is 92.4 Å². The molecule has 0 heterocycles. The molecule has 0 aliphatic rings. The van der Waals surface area contributed by atoms with Crippen molar-refractivity contribution in [3.63, 3.8) is 0 Å². The van der Waals surface area contributed by atoms with Gasteiger partial charge in [-0.15, -0.1) is 0 Å². The predicted molar refractivity (Wildman–Crippen MR) is 121 cm³/mol. The van der Waals surface area contributed by atoms with E-state index in [0.29, 0.717) is 17.9 Å². The van der Waals surface area contributed by atoms with Gasteiger partial charge in [0, 0.05) is 6.08 Å². The van der Waals surface area contributed by atoms with E-state index in [1.807, 2.05) is 0 Å². The number of rotatable bonds is 16. The summed E-state index contributed by atoms with van der Waals surface area (Å²) < 4.78 is 29.6. The third kappa shape index (κ3) is 28.9. The molecule has 0 aliphatic heterocycles. The molecule has 0 saturated heterocycles. The molecular formula is C20H43Na3O8P2. The summed E-state index contributed by atoms with van der Waals surface area (Å²) in [5.41, 5.74) is 0.655. The zero-order valence-corrected chi connectivity index (χ0v) is 29.7. The summed E-state index contributed by atoms with van der Waals surface area (Å²) in [5, 5.41) is 0. The van der Waals surface area contributed by atoms with Crippen LogP contribution in [0.5, 0.6) is 0 Å². The summed E-state index contributed by atoms with van der Waals surface area (Å²) in [6.07, 6.45) is 11.1. The van der Waals surface area contributed by atoms with Gasteiger partial charge < -0.3 is 18.6 Å². The second-order valence-corrected chi connectivity index (χ2v) is 11.6. The van der Waals surface area contributed by atoms with Gasteiger partial charge in [-0.1, -0.05) is 78.2 Å². The van der Waals surface area contributed by atoms with Gasteiger partial charge in [-0.25, -0.2) is 13.9 Å². The van der Waals surface area contributed by atoms with Crippen LogP contribution in [0.25, 0.3) is 0 Å². The largest absolute Gasteiger partial charge is 1.00 e. The minimum Gasteiger partial charge on any atom is -1.00 e. The molecule has 3 atom stereocenters. The number of hydrogen-bond acceptors (Lipinski definition) is 5. The van der Waals surface area contributed by atoms with E-state index in [4.69, 9.17) is 14.7 Å². The Morgan fingerprint density at radius 2 is 1.27 bits per heavy atom. The number of allylic oxidation sites excluding steroid dienone is 1. The molecule has 0 saturated carbocycles. The molecule has 0 aromatic rings. The number of hydrogen-bond donors (Lipinski definition) is 3. The van der Waals surface area contributed by atoms with E-state index in [1.54, 1.807) is 6.92 Å². The Kier molecular flexibility index (Phi) is 29.0. The van der Waals surface area contributed by atoms with Gasteiger partial charge in [0.25, 0.3) is 0 Å². The fraction of sp³-hybridized carbons (Fsp3) is 0.850. The first-order valence-electron chi connectivity index (χ1n) is 10.7. The third-order valence-electron chi connectivity index (χ3n) is 4.92. The van der Waals surface area contributed by atoms with Crippen LogP contribution < -0.4 is 88.7 Å². The van der Waals surface area contributed by atoms with Crippen molar-refractivity contribution in [2.24, 2.45) is 17.8 Å². The zero-order valence-electron chi connectivity index (χ0n) is 25.0. The monoisotopic (exact) mass is 542 g/mol. The van der Waals surface area contributed by atoms with Crippen LogP contribution in [0.4, 0.5) is 0 Å². The van der Waals surface area contributed by atoms with E-state index < -0.39 is 21.6 Å². The van der Waals surface area contributed by atoms with Crippen molar-refractivity contribution in [1.82, 2.24) is 0 Å². The molecule has 13 heteroatoms. The van der Waals surface area contributed by atoms with Crippen LogP contribution in [0.1, 0.15) is 96.7 Å². The zero-order chi connectivity index (χ0) is 23.4. The second-order valence-electron chi connectivity index (χ2n) is 8.80. The van der Waals surface area contributed by atoms with E-state index in [-0.39, 0.29) is 93.0 Å². The summed E-state index contributed by atoms with van der Waals surface area (Å²) in [5.74, 6) is 0.954. The molecule has 0 rings (SSSR count). The van der Waals surface area contributed by atoms with E-state index in [9.17, 15) is 13.9 Å². The Morgan fingerprint density at radius 1 is 0.848 bits per heavy atom. The van der Waals surface area contributed by atoms with Crippen LogP contribution in [0.2, 0.25) is 0 Å². The molecular weight excluding hydrogens is 499 g/mol. The SMILES string of the molecule is C/C(=C\C(=O)OP(=O)(O)OP(=O)(O)O)CCC[C@H](C)CCC[C@H](C)CCCC(C)C.[H-].[H-].[H-].[Na+].[Na+].[Na+]. The molecule has 0 fully saturated rings. The standard InChI is InChI=1S/C20H40O8P2.3Na.3H/c1-16(2)9-6-10-17(3)11-7-12-18(4)13-8-14-19(5)15-20(21)27-30(25,26)28-29(22,23)24;;;;;;/h15-18H,6-14H2,1-5H3,(H,25,26)(H2,22,23,24);;;;;;/q;3*+1;3*-1/b19-15+;;;;;;/t17-,18-;;;;;;/m1....../s1. The first-order valence-corrected chi connectivity index (χ1v) is 13.7. The topological polar surface area (TPSA) is 130 Å². The number of phosphoric acid groups is 2. The molecule has 1 unspecified atom stereocenters. The van der Waals surface area contributed by atoms with Crippen molar-refractivity contribution in [2.75, 3.05) is 0 Å². The normalized spacial score (nSPS) is 15.4. The Hall–Kier alpha value is 2.51. The van der Waals surface area contributed by atoms with Crippen LogP contribution in [-0.4, -0.2) is 20.6 Å². The maximum atomic E-state index is 11.6. The summed E-state index contributed by atoms with van der Waals surface area (Å²) in [4.78, 5) is 37.8. The van der Waals surface area contributed by atoms with Crippen LogP contribution in [0, 0.1) is 17.8 Å². The Balaban J connectivity index is -0.000000280. The molecule has 0 spiro atoms. The number of phosphoric ester groups is 1. The number of carbonyl (C=O) groups excluding carboxylic acids is 1. The van der Waals surface area contributed by atoms with Gasteiger partial charge in [0.05, 0.1) is 0 Å². The average Bonchev–Trinajstić information content (AvgIpc) is 2.51. The second kappa shape index (κ2) is 22.5. The molecule has 0 amide bonds. The summed E-state index contributed by atoms with van der Waals surface area (Å²) in [6, 6.07) is 0. The molecule has 0 aromatic carbocycles. The first-order chi connectivity index (χ1) is 13.7. The summed E-state index contributed by atoms with van der Waals surface area (Å²) in [7, 11) is -10.4.